The molecule has 0 radical (unpaired) electrons. The van der Waals surface area contributed by atoms with Crippen molar-refractivity contribution in [3.63, 3.8) is 0 Å². The fourth-order valence-electron chi connectivity index (χ4n) is 3.10. The first-order valence-electron chi connectivity index (χ1n) is 10.2. The molecule has 0 aliphatic rings. The summed E-state index contributed by atoms with van der Waals surface area (Å²) in [6.07, 6.45) is -0.339. The summed E-state index contributed by atoms with van der Waals surface area (Å²) in [5.41, 5.74) is 0.621. The van der Waals surface area contributed by atoms with Gasteiger partial charge in [0, 0.05) is 7.05 Å². The second-order valence-electron chi connectivity index (χ2n) is 8.18. The van der Waals surface area contributed by atoms with Gasteiger partial charge in [-0.25, -0.2) is 4.79 Å². The molecule has 31 heavy (non-hydrogen) atoms. The maximum Gasteiger partial charge on any atom is 0.410 e. The number of carbonyl (C=O) groups excluding carboxylic acids is 2. The van der Waals surface area contributed by atoms with Gasteiger partial charge in [0.25, 0.3) is 0 Å². The van der Waals surface area contributed by atoms with Crippen LogP contribution in [0.1, 0.15) is 33.4 Å². The van der Waals surface area contributed by atoms with Crippen LogP contribution in [0.5, 0.6) is 5.75 Å². The molecule has 166 valence electrons. The summed E-state index contributed by atoms with van der Waals surface area (Å²) in [6, 6.07) is 9.40. The lowest BCUT2D eigenvalue weighted by molar-refractivity contribution is -0.142. The van der Waals surface area contributed by atoms with Crippen LogP contribution in [0.4, 0.5) is 4.79 Å². The van der Waals surface area contributed by atoms with E-state index in [0.717, 1.165) is 16.2 Å². The summed E-state index contributed by atoms with van der Waals surface area (Å²) in [5.74, 6) is 0.330. The summed E-state index contributed by atoms with van der Waals surface area (Å²) in [7, 11) is 1.67. The van der Waals surface area contributed by atoms with Gasteiger partial charge in [0.15, 0.2) is 5.58 Å². The minimum absolute atomic E-state index is 0.0508. The van der Waals surface area contributed by atoms with Gasteiger partial charge in [-0.2, -0.15) is 0 Å². The average Bonchev–Trinajstić information content (AvgIpc) is 3.09. The zero-order valence-electron chi connectivity index (χ0n) is 18.6. The number of fused-ring (bicyclic) bond motifs is 3. The third-order valence-electron chi connectivity index (χ3n) is 4.51. The molecule has 8 nitrogen and oxygen atoms in total. The average molecular weight is 428 g/mol. The lowest BCUT2D eigenvalue weighted by Crippen LogP contribution is -2.36. The van der Waals surface area contributed by atoms with E-state index >= 15 is 0 Å². The molecule has 3 aromatic rings. The van der Waals surface area contributed by atoms with Crippen LogP contribution in [-0.4, -0.2) is 54.5 Å². The molecular weight excluding hydrogens is 400 g/mol. The van der Waals surface area contributed by atoms with Gasteiger partial charge in [-0.15, -0.1) is 0 Å². The van der Waals surface area contributed by atoms with Crippen molar-refractivity contribution in [2.75, 3.05) is 26.8 Å². The number of ether oxygens (including phenoxy) is 3. The van der Waals surface area contributed by atoms with Gasteiger partial charge in [-0.3, -0.25) is 4.79 Å². The summed E-state index contributed by atoms with van der Waals surface area (Å²) in [4.78, 5) is 25.4. The highest BCUT2D eigenvalue weighted by Gasteiger charge is 2.19. The van der Waals surface area contributed by atoms with Gasteiger partial charge in [0.2, 0.25) is 0 Å². The van der Waals surface area contributed by atoms with E-state index in [0.29, 0.717) is 36.8 Å². The van der Waals surface area contributed by atoms with Gasteiger partial charge in [-0.05, 0) is 62.7 Å². The quantitative estimate of drug-likeness (QED) is 0.517. The molecule has 0 unspecified atom stereocenters. The van der Waals surface area contributed by atoms with Crippen LogP contribution in [0.2, 0.25) is 0 Å². The van der Waals surface area contributed by atoms with E-state index in [2.05, 4.69) is 5.16 Å². The van der Waals surface area contributed by atoms with Crippen molar-refractivity contribution in [1.29, 1.82) is 0 Å². The maximum atomic E-state index is 12.0. The standard InChI is InChI=1S/C23H28N2O6/c1-6-28-20(26)14-18-21-17-9-8-16(13-15(17)7-10-19(21)31-24-18)29-12-11-25(5)22(27)30-23(2,3)4/h7-10,13H,6,11-12,14H2,1-5H3. The van der Waals surface area contributed by atoms with Crippen molar-refractivity contribution in [1.82, 2.24) is 10.1 Å². The molecule has 0 N–H and O–H groups in total. The first-order chi connectivity index (χ1) is 14.7. The molecule has 1 heterocycles. The number of rotatable bonds is 7. The Labute approximate surface area is 181 Å². The SMILES string of the molecule is CCOC(=O)Cc1noc2ccc3cc(OCCN(C)C(=O)OC(C)(C)C)ccc3c12. The fraction of sp³-hybridized carbons (Fsp3) is 0.435. The van der Waals surface area contributed by atoms with Gasteiger partial charge >= 0.3 is 12.1 Å². The molecule has 2 aromatic carbocycles. The van der Waals surface area contributed by atoms with E-state index in [1.165, 1.54) is 4.90 Å². The molecule has 3 rings (SSSR count). The van der Waals surface area contributed by atoms with Gasteiger partial charge in [0.1, 0.15) is 23.7 Å². The smallest absolute Gasteiger partial charge is 0.410 e. The van der Waals surface area contributed by atoms with E-state index in [1.807, 2.05) is 51.1 Å². The predicted molar refractivity (Wildman–Crippen MR) is 116 cm³/mol. The van der Waals surface area contributed by atoms with E-state index in [4.69, 9.17) is 18.7 Å². The van der Waals surface area contributed by atoms with Gasteiger partial charge in [0.05, 0.1) is 25.0 Å². The maximum absolute atomic E-state index is 12.0. The number of esters is 1. The zero-order chi connectivity index (χ0) is 22.6. The molecule has 0 fully saturated rings. The lowest BCUT2D eigenvalue weighted by Gasteiger charge is -2.24. The molecule has 1 amide bonds. The second kappa shape index (κ2) is 9.24. The Morgan fingerprint density at radius 1 is 1.16 bits per heavy atom. The summed E-state index contributed by atoms with van der Waals surface area (Å²) in [6.45, 7) is 8.28. The van der Waals surface area contributed by atoms with Crippen molar-refractivity contribution in [3.05, 3.63) is 36.0 Å². The van der Waals surface area contributed by atoms with Crippen LogP contribution in [0.3, 0.4) is 0 Å². The molecule has 8 heteroatoms. The number of hydrogen-bond acceptors (Lipinski definition) is 7. The highest BCUT2D eigenvalue weighted by Crippen LogP contribution is 2.31. The van der Waals surface area contributed by atoms with Crippen LogP contribution in [0, 0.1) is 0 Å². The molecule has 0 saturated carbocycles. The number of amides is 1. The van der Waals surface area contributed by atoms with Crippen LogP contribution in [-0.2, 0) is 20.7 Å². The van der Waals surface area contributed by atoms with E-state index in [-0.39, 0.29) is 12.4 Å². The van der Waals surface area contributed by atoms with Crippen molar-refractivity contribution >= 4 is 33.8 Å². The Morgan fingerprint density at radius 3 is 2.65 bits per heavy atom. The van der Waals surface area contributed by atoms with Gasteiger partial charge < -0.3 is 23.6 Å². The van der Waals surface area contributed by atoms with Crippen LogP contribution < -0.4 is 4.74 Å². The Hall–Kier alpha value is -3.29. The third kappa shape index (κ3) is 5.65. The molecule has 0 aliphatic heterocycles. The predicted octanol–water partition coefficient (Wildman–Crippen LogP) is 4.33. The van der Waals surface area contributed by atoms with E-state index in [9.17, 15) is 9.59 Å². The highest BCUT2D eigenvalue weighted by atomic mass is 16.6. The molecule has 0 bridgehead atoms. The number of hydrogen-bond donors (Lipinski definition) is 0. The zero-order valence-corrected chi connectivity index (χ0v) is 18.6. The van der Waals surface area contributed by atoms with E-state index < -0.39 is 11.7 Å². The lowest BCUT2D eigenvalue weighted by atomic mass is 10.0. The Bertz CT molecular complexity index is 1080. The minimum Gasteiger partial charge on any atom is -0.492 e. The summed E-state index contributed by atoms with van der Waals surface area (Å²) in [5, 5.41) is 6.68. The van der Waals surface area contributed by atoms with Crippen LogP contribution in [0.15, 0.2) is 34.9 Å². The molecular formula is C23H28N2O6. The molecule has 0 atom stereocenters. The largest absolute Gasteiger partial charge is 0.492 e. The normalized spacial score (nSPS) is 11.5. The molecule has 0 aliphatic carbocycles. The number of aromatic nitrogens is 1. The Kier molecular flexibility index (Phi) is 6.68. The summed E-state index contributed by atoms with van der Waals surface area (Å²) >= 11 is 0. The number of carbonyl (C=O) groups is 2. The monoisotopic (exact) mass is 428 g/mol. The first-order valence-corrected chi connectivity index (χ1v) is 10.2. The van der Waals surface area contributed by atoms with Crippen LogP contribution >= 0.6 is 0 Å². The van der Waals surface area contributed by atoms with E-state index in [1.54, 1.807) is 14.0 Å². The Morgan fingerprint density at radius 2 is 1.94 bits per heavy atom. The highest BCUT2D eigenvalue weighted by molar-refractivity contribution is 6.07. The summed E-state index contributed by atoms with van der Waals surface area (Å²) < 4.78 is 21.6. The van der Waals surface area contributed by atoms with Gasteiger partial charge in [-0.1, -0.05) is 11.2 Å². The second-order valence-corrected chi connectivity index (χ2v) is 8.18. The fourth-order valence-corrected chi connectivity index (χ4v) is 3.10. The first kappa shape index (κ1) is 22.4. The number of likely N-dealkylation sites (N-methyl/N-ethyl adjacent to an activating group) is 1. The number of nitrogens with zero attached hydrogens (tertiary/aromatic N) is 2. The van der Waals surface area contributed by atoms with Crippen molar-refractivity contribution in [2.45, 2.75) is 39.7 Å². The van der Waals surface area contributed by atoms with Crippen molar-refractivity contribution in [2.24, 2.45) is 0 Å². The van der Waals surface area contributed by atoms with Crippen LogP contribution in [0.25, 0.3) is 21.7 Å². The molecule has 0 saturated heterocycles. The topological polar surface area (TPSA) is 91.1 Å². The molecule has 0 spiro atoms. The van der Waals surface area contributed by atoms with Crippen molar-refractivity contribution in [3.8, 4) is 5.75 Å². The molecule has 1 aromatic heterocycles. The van der Waals surface area contributed by atoms with Crippen molar-refractivity contribution < 1.29 is 28.3 Å². The number of benzene rings is 2. The minimum atomic E-state index is -0.538. The third-order valence-corrected chi connectivity index (χ3v) is 4.51. The Balaban J connectivity index is 1.71.